The van der Waals surface area contributed by atoms with Crippen molar-refractivity contribution in [2.45, 2.75) is 39.4 Å². The number of ether oxygens (including phenoxy) is 1. The van der Waals surface area contributed by atoms with Crippen LogP contribution in [0.3, 0.4) is 0 Å². The lowest BCUT2D eigenvalue weighted by molar-refractivity contribution is 0.107. The fourth-order valence-corrected chi connectivity index (χ4v) is 4.47. The molecule has 0 aromatic heterocycles. The molecule has 0 saturated heterocycles. The molecule has 3 N–H and O–H groups in total. The molecule has 4 aromatic rings. The Balaban J connectivity index is 1.18. The fourth-order valence-electron chi connectivity index (χ4n) is 4.47. The summed E-state index contributed by atoms with van der Waals surface area (Å²) >= 11 is 0. The lowest BCUT2D eigenvalue weighted by Crippen LogP contribution is -2.21. The zero-order valence-electron chi connectivity index (χ0n) is 20.5. The molecule has 176 valence electrons. The molecule has 0 unspecified atom stereocenters. The number of guanidine groups is 1. The van der Waals surface area contributed by atoms with Crippen molar-refractivity contribution in [1.82, 2.24) is 0 Å². The number of rotatable bonds is 6. The lowest BCUT2D eigenvalue weighted by atomic mass is 9.87. The Morgan fingerprint density at radius 1 is 0.800 bits per heavy atom. The molecule has 4 aromatic carbocycles. The van der Waals surface area contributed by atoms with Crippen molar-refractivity contribution in [3.05, 3.63) is 107 Å². The van der Waals surface area contributed by atoms with Gasteiger partial charge in [-0.3, -0.25) is 5.41 Å². The van der Waals surface area contributed by atoms with Gasteiger partial charge in [0.05, 0.1) is 13.2 Å². The maximum Gasteiger partial charge on any atom is 0.197 e. The molecule has 0 heterocycles. The van der Waals surface area contributed by atoms with Crippen LogP contribution in [0.15, 0.2) is 78.9 Å². The highest BCUT2D eigenvalue weighted by atomic mass is 16.5. The van der Waals surface area contributed by atoms with E-state index in [0.29, 0.717) is 13.2 Å². The third kappa shape index (κ3) is 5.13. The Morgan fingerprint density at radius 2 is 1.57 bits per heavy atom. The molecule has 4 nitrogen and oxygen atoms in total. The Bertz CT molecular complexity index is 1410. The number of nitrogens with one attached hydrogen (secondary N) is 3. The molecular weight excluding hydrogens is 430 g/mol. The summed E-state index contributed by atoms with van der Waals surface area (Å²) in [4.78, 5) is 0. The van der Waals surface area contributed by atoms with Crippen LogP contribution < -0.4 is 10.6 Å². The maximum atomic E-state index is 8.46. The molecule has 0 saturated carbocycles. The van der Waals surface area contributed by atoms with Gasteiger partial charge in [-0.05, 0) is 56.6 Å². The SMILES string of the molecule is CC(C)(C)c1ccc(COCc2cccc(NC(=N)Nc3ccc4cccc5c4c3C=C5)c2)cc1. The minimum absolute atomic E-state index is 0.154. The summed E-state index contributed by atoms with van der Waals surface area (Å²) in [6.45, 7) is 7.75. The highest BCUT2D eigenvalue weighted by Gasteiger charge is 2.14. The first-order chi connectivity index (χ1) is 16.9. The van der Waals surface area contributed by atoms with Gasteiger partial charge in [-0.2, -0.15) is 0 Å². The number of hydrogen-bond acceptors (Lipinski definition) is 2. The van der Waals surface area contributed by atoms with E-state index in [4.69, 9.17) is 10.1 Å². The zero-order valence-corrected chi connectivity index (χ0v) is 20.5. The van der Waals surface area contributed by atoms with Gasteiger partial charge < -0.3 is 15.4 Å². The molecule has 35 heavy (non-hydrogen) atoms. The summed E-state index contributed by atoms with van der Waals surface area (Å²) in [5, 5.41) is 17.3. The highest BCUT2D eigenvalue weighted by Crippen LogP contribution is 2.36. The van der Waals surface area contributed by atoms with Crippen molar-refractivity contribution in [2.24, 2.45) is 0 Å². The van der Waals surface area contributed by atoms with Crippen LogP contribution >= 0.6 is 0 Å². The molecule has 1 aliphatic rings. The van der Waals surface area contributed by atoms with Gasteiger partial charge in [0, 0.05) is 16.9 Å². The molecule has 0 aliphatic heterocycles. The number of benzene rings is 4. The van der Waals surface area contributed by atoms with Gasteiger partial charge >= 0.3 is 0 Å². The van der Waals surface area contributed by atoms with E-state index in [1.165, 1.54) is 27.5 Å². The van der Waals surface area contributed by atoms with Crippen molar-refractivity contribution in [2.75, 3.05) is 10.6 Å². The molecular formula is C31H31N3O. The van der Waals surface area contributed by atoms with Crippen molar-refractivity contribution in [3.8, 4) is 0 Å². The molecule has 4 heteroatoms. The quantitative estimate of drug-likeness (QED) is 0.179. The Morgan fingerprint density at radius 3 is 2.37 bits per heavy atom. The van der Waals surface area contributed by atoms with Crippen LogP contribution in [-0.2, 0) is 23.4 Å². The normalized spacial score (nSPS) is 12.2. The minimum atomic E-state index is 0.154. The topological polar surface area (TPSA) is 57.1 Å². The van der Waals surface area contributed by atoms with Gasteiger partial charge in [-0.15, -0.1) is 0 Å². The molecule has 0 amide bonds. The Kier molecular flexibility index (Phi) is 6.14. The number of hydrogen-bond donors (Lipinski definition) is 3. The second kappa shape index (κ2) is 9.40. The van der Waals surface area contributed by atoms with Crippen LogP contribution in [0.5, 0.6) is 0 Å². The first kappa shape index (κ1) is 22.9. The fraction of sp³-hybridized carbons (Fsp3) is 0.194. The van der Waals surface area contributed by atoms with E-state index >= 15 is 0 Å². The van der Waals surface area contributed by atoms with Crippen LogP contribution in [-0.4, -0.2) is 5.96 Å². The second-order valence-electron chi connectivity index (χ2n) is 10.1. The van der Waals surface area contributed by atoms with Crippen molar-refractivity contribution < 1.29 is 4.74 Å². The van der Waals surface area contributed by atoms with Gasteiger partial charge in [-0.25, -0.2) is 0 Å². The van der Waals surface area contributed by atoms with E-state index in [1.807, 2.05) is 30.3 Å². The summed E-state index contributed by atoms with van der Waals surface area (Å²) < 4.78 is 5.96. The number of anilines is 2. The van der Waals surface area contributed by atoms with Crippen LogP contribution in [0.1, 0.15) is 48.6 Å². The van der Waals surface area contributed by atoms with E-state index in [-0.39, 0.29) is 11.4 Å². The summed E-state index contributed by atoms with van der Waals surface area (Å²) in [6, 6.07) is 27.1. The molecule has 1 aliphatic carbocycles. The third-order valence-electron chi connectivity index (χ3n) is 6.36. The van der Waals surface area contributed by atoms with E-state index in [1.54, 1.807) is 0 Å². The van der Waals surface area contributed by atoms with Gasteiger partial charge in [-0.1, -0.05) is 93.6 Å². The van der Waals surface area contributed by atoms with E-state index < -0.39 is 0 Å². The predicted molar refractivity (Wildman–Crippen MR) is 148 cm³/mol. The first-order valence-electron chi connectivity index (χ1n) is 12.0. The van der Waals surface area contributed by atoms with Gasteiger partial charge in [0.2, 0.25) is 0 Å². The molecule has 5 rings (SSSR count). The van der Waals surface area contributed by atoms with E-state index in [0.717, 1.165) is 22.5 Å². The molecule has 0 radical (unpaired) electrons. The molecule has 0 bridgehead atoms. The summed E-state index contributed by atoms with van der Waals surface area (Å²) in [5.74, 6) is 0.232. The summed E-state index contributed by atoms with van der Waals surface area (Å²) in [5.41, 5.74) is 7.83. The average Bonchev–Trinajstić information content (AvgIpc) is 3.27. The lowest BCUT2D eigenvalue weighted by Gasteiger charge is -2.19. The first-order valence-corrected chi connectivity index (χ1v) is 12.0. The van der Waals surface area contributed by atoms with Crippen molar-refractivity contribution in [1.29, 1.82) is 5.41 Å². The largest absolute Gasteiger partial charge is 0.372 e. The average molecular weight is 462 g/mol. The van der Waals surface area contributed by atoms with E-state index in [2.05, 4.69) is 92.1 Å². The second-order valence-corrected chi connectivity index (χ2v) is 10.1. The monoisotopic (exact) mass is 461 g/mol. The van der Waals surface area contributed by atoms with Crippen LogP contribution in [0.2, 0.25) is 0 Å². The predicted octanol–water partition coefficient (Wildman–Crippen LogP) is 7.80. The Hall–Kier alpha value is -3.89. The Labute approximate surface area is 207 Å². The van der Waals surface area contributed by atoms with Gasteiger partial charge in [0.1, 0.15) is 0 Å². The third-order valence-corrected chi connectivity index (χ3v) is 6.36. The standard InChI is InChI=1S/C31H31N3O/c1-31(2,3)25-14-10-21(11-15-25)19-35-20-22-6-4-9-26(18-22)33-30(32)34-28-17-13-24-8-5-7-23-12-16-27(28)29(23)24/h4-18H,19-20H2,1-3H3,(H3,32,33,34). The highest BCUT2D eigenvalue weighted by molar-refractivity contribution is 6.11. The molecule has 0 atom stereocenters. The van der Waals surface area contributed by atoms with Crippen molar-refractivity contribution >= 4 is 40.3 Å². The van der Waals surface area contributed by atoms with E-state index in [9.17, 15) is 0 Å². The van der Waals surface area contributed by atoms with Gasteiger partial charge in [0.25, 0.3) is 0 Å². The maximum absolute atomic E-state index is 8.46. The molecule has 0 fully saturated rings. The smallest absolute Gasteiger partial charge is 0.197 e. The van der Waals surface area contributed by atoms with Crippen LogP contribution in [0, 0.1) is 5.41 Å². The van der Waals surface area contributed by atoms with Crippen LogP contribution in [0.25, 0.3) is 22.9 Å². The zero-order chi connectivity index (χ0) is 24.4. The minimum Gasteiger partial charge on any atom is -0.372 e. The summed E-state index contributed by atoms with van der Waals surface area (Å²) in [6.07, 6.45) is 4.24. The van der Waals surface area contributed by atoms with Crippen LogP contribution in [0.4, 0.5) is 11.4 Å². The summed E-state index contributed by atoms with van der Waals surface area (Å²) in [7, 11) is 0. The van der Waals surface area contributed by atoms with Crippen molar-refractivity contribution in [3.63, 3.8) is 0 Å². The van der Waals surface area contributed by atoms with Gasteiger partial charge in [0.15, 0.2) is 5.96 Å². The molecule has 0 spiro atoms.